The molecule has 116 valence electrons. The van der Waals surface area contributed by atoms with E-state index in [9.17, 15) is 8.42 Å². The first kappa shape index (κ1) is 15.3. The smallest absolute Gasteiger partial charge is 0.241 e. The van der Waals surface area contributed by atoms with E-state index in [-0.39, 0.29) is 4.90 Å². The lowest BCUT2D eigenvalue weighted by Gasteiger charge is -2.15. The van der Waals surface area contributed by atoms with Gasteiger partial charge in [-0.05, 0) is 65.9 Å². The molecule has 21 heavy (non-hydrogen) atoms. The van der Waals surface area contributed by atoms with Crippen molar-refractivity contribution in [3.8, 4) is 0 Å². The number of nitrogens with zero attached hydrogens (tertiary/aromatic N) is 1. The molecule has 0 aromatic heterocycles. The number of anilines is 1. The third-order valence-corrected chi connectivity index (χ3v) is 6.59. The molecular weight excluding hydrogens is 354 g/mol. The highest BCUT2D eigenvalue weighted by molar-refractivity contribution is 9.10. The summed E-state index contributed by atoms with van der Waals surface area (Å²) < 4.78 is 27.9. The van der Waals surface area contributed by atoms with Crippen molar-refractivity contribution in [2.45, 2.75) is 30.2 Å². The Labute approximate surface area is 134 Å². The molecule has 1 saturated carbocycles. The average molecular weight is 374 g/mol. The molecule has 1 aliphatic heterocycles. The van der Waals surface area contributed by atoms with Crippen LogP contribution in [0.4, 0.5) is 5.69 Å². The van der Waals surface area contributed by atoms with E-state index in [1.54, 1.807) is 12.1 Å². The number of hydrogen-bond donors (Lipinski definition) is 2. The van der Waals surface area contributed by atoms with Crippen LogP contribution in [0.5, 0.6) is 0 Å². The zero-order valence-corrected chi connectivity index (χ0v) is 14.2. The van der Waals surface area contributed by atoms with Crippen LogP contribution in [0.1, 0.15) is 19.3 Å². The standard InChI is InChI=1S/C14H20BrN3O2S/c15-13-7-11(16)1-4-14(13)21(19,20)17-8-10-5-6-18(9-10)12-2-3-12/h1,4,7,10,12,17H,2-3,5-6,8-9,16H2. The molecule has 1 saturated heterocycles. The van der Waals surface area contributed by atoms with Crippen molar-refractivity contribution in [3.63, 3.8) is 0 Å². The molecule has 1 unspecified atom stereocenters. The van der Waals surface area contributed by atoms with E-state index >= 15 is 0 Å². The number of benzene rings is 1. The van der Waals surface area contributed by atoms with Crippen LogP contribution in [-0.4, -0.2) is 39.0 Å². The number of sulfonamides is 1. The maximum Gasteiger partial charge on any atom is 0.241 e. The normalized spacial score (nSPS) is 23.6. The number of rotatable bonds is 5. The summed E-state index contributed by atoms with van der Waals surface area (Å²) >= 11 is 3.27. The van der Waals surface area contributed by atoms with Crippen molar-refractivity contribution < 1.29 is 8.42 Å². The Morgan fingerprint density at radius 2 is 2.10 bits per heavy atom. The van der Waals surface area contributed by atoms with E-state index in [1.807, 2.05) is 0 Å². The lowest BCUT2D eigenvalue weighted by atomic mass is 10.1. The zero-order valence-electron chi connectivity index (χ0n) is 11.8. The van der Waals surface area contributed by atoms with E-state index in [2.05, 4.69) is 25.6 Å². The molecular formula is C14H20BrN3O2S. The second-order valence-corrected chi connectivity index (χ2v) is 8.51. The maximum absolute atomic E-state index is 12.4. The molecule has 1 aromatic rings. The van der Waals surface area contributed by atoms with E-state index in [4.69, 9.17) is 5.73 Å². The minimum atomic E-state index is -3.49. The van der Waals surface area contributed by atoms with Gasteiger partial charge in [0.25, 0.3) is 0 Å². The first-order chi connectivity index (χ1) is 9.95. The number of nitrogens with one attached hydrogen (secondary N) is 1. The molecule has 2 aliphatic rings. The summed E-state index contributed by atoms with van der Waals surface area (Å²) in [5.74, 6) is 0.410. The fraction of sp³-hybridized carbons (Fsp3) is 0.571. The summed E-state index contributed by atoms with van der Waals surface area (Å²) in [7, 11) is -3.49. The lowest BCUT2D eigenvalue weighted by molar-refractivity contribution is 0.314. The largest absolute Gasteiger partial charge is 0.399 e. The van der Waals surface area contributed by atoms with Crippen molar-refractivity contribution in [2.75, 3.05) is 25.4 Å². The third kappa shape index (κ3) is 3.59. The van der Waals surface area contributed by atoms with Gasteiger partial charge in [0.1, 0.15) is 0 Å². The lowest BCUT2D eigenvalue weighted by Crippen LogP contribution is -2.31. The Morgan fingerprint density at radius 3 is 2.76 bits per heavy atom. The highest BCUT2D eigenvalue weighted by Crippen LogP contribution is 2.31. The van der Waals surface area contributed by atoms with E-state index in [1.165, 1.54) is 18.9 Å². The Morgan fingerprint density at radius 1 is 1.33 bits per heavy atom. The van der Waals surface area contributed by atoms with Crippen LogP contribution in [0.3, 0.4) is 0 Å². The van der Waals surface area contributed by atoms with Crippen molar-refractivity contribution >= 4 is 31.6 Å². The SMILES string of the molecule is Nc1ccc(S(=O)(=O)NCC2CCN(C3CC3)C2)c(Br)c1. The van der Waals surface area contributed by atoms with Crippen LogP contribution in [0.2, 0.25) is 0 Å². The van der Waals surface area contributed by atoms with Gasteiger partial charge in [-0.25, -0.2) is 13.1 Å². The van der Waals surface area contributed by atoms with Crippen LogP contribution < -0.4 is 10.5 Å². The van der Waals surface area contributed by atoms with Gasteiger partial charge in [0, 0.05) is 29.3 Å². The molecule has 5 nitrogen and oxygen atoms in total. The average Bonchev–Trinajstić information content (AvgIpc) is 3.15. The molecule has 0 radical (unpaired) electrons. The van der Waals surface area contributed by atoms with Crippen molar-refractivity contribution in [2.24, 2.45) is 5.92 Å². The topological polar surface area (TPSA) is 75.4 Å². The predicted octanol–water partition coefficient (Wildman–Crippen LogP) is 1.79. The number of nitrogens with two attached hydrogens (primary N) is 1. The molecule has 3 rings (SSSR count). The van der Waals surface area contributed by atoms with E-state index in [0.29, 0.717) is 22.6 Å². The number of hydrogen-bond acceptors (Lipinski definition) is 4. The number of likely N-dealkylation sites (tertiary alicyclic amines) is 1. The number of halogens is 1. The van der Waals surface area contributed by atoms with Gasteiger partial charge in [-0.15, -0.1) is 0 Å². The second-order valence-electron chi connectivity index (χ2n) is 5.92. The van der Waals surface area contributed by atoms with Crippen molar-refractivity contribution in [1.29, 1.82) is 0 Å². The Bertz CT molecular complexity index is 631. The second kappa shape index (κ2) is 5.87. The van der Waals surface area contributed by atoms with Gasteiger partial charge in [-0.3, -0.25) is 0 Å². The van der Waals surface area contributed by atoms with Crippen LogP contribution in [0.15, 0.2) is 27.6 Å². The van der Waals surface area contributed by atoms with Gasteiger partial charge in [0.05, 0.1) is 4.90 Å². The van der Waals surface area contributed by atoms with Crippen LogP contribution in [0, 0.1) is 5.92 Å². The predicted molar refractivity (Wildman–Crippen MR) is 86.4 cm³/mol. The molecule has 3 N–H and O–H groups in total. The fourth-order valence-corrected chi connectivity index (χ4v) is 5.05. The molecule has 0 spiro atoms. The summed E-state index contributed by atoms with van der Waals surface area (Å²) in [6.45, 7) is 2.61. The highest BCUT2D eigenvalue weighted by atomic mass is 79.9. The molecule has 1 atom stereocenters. The molecule has 1 heterocycles. The molecule has 7 heteroatoms. The van der Waals surface area contributed by atoms with Crippen LogP contribution in [0.25, 0.3) is 0 Å². The maximum atomic E-state index is 12.4. The number of nitrogen functional groups attached to an aromatic ring is 1. The van der Waals surface area contributed by atoms with Gasteiger partial charge >= 0.3 is 0 Å². The van der Waals surface area contributed by atoms with Gasteiger partial charge in [0.15, 0.2) is 0 Å². The quantitative estimate of drug-likeness (QED) is 0.771. The first-order valence-electron chi connectivity index (χ1n) is 7.24. The molecule has 0 bridgehead atoms. The van der Waals surface area contributed by atoms with Gasteiger partial charge in [0.2, 0.25) is 10.0 Å². The Hall–Kier alpha value is -0.630. The molecule has 2 fully saturated rings. The third-order valence-electron chi connectivity index (χ3n) is 4.19. The summed E-state index contributed by atoms with van der Waals surface area (Å²) in [6, 6.07) is 5.51. The van der Waals surface area contributed by atoms with Gasteiger partial charge in [-0.1, -0.05) is 0 Å². The van der Waals surface area contributed by atoms with Gasteiger partial charge in [-0.2, -0.15) is 0 Å². The summed E-state index contributed by atoms with van der Waals surface area (Å²) in [6.07, 6.45) is 3.68. The molecule has 1 aromatic carbocycles. The van der Waals surface area contributed by atoms with Crippen molar-refractivity contribution in [3.05, 3.63) is 22.7 Å². The summed E-state index contributed by atoms with van der Waals surface area (Å²) in [4.78, 5) is 2.73. The van der Waals surface area contributed by atoms with Crippen molar-refractivity contribution in [1.82, 2.24) is 9.62 Å². The van der Waals surface area contributed by atoms with E-state index < -0.39 is 10.0 Å². The molecule has 1 aliphatic carbocycles. The summed E-state index contributed by atoms with van der Waals surface area (Å²) in [5.41, 5.74) is 6.18. The summed E-state index contributed by atoms with van der Waals surface area (Å²) in [5, 5.41) is 0. The Balaban J connectivity index is 1.61. The van der Waals surface area contributed by atoms with Crippen LogP contribution >= 0.6 is 15.9 Å². The highest BCUT2D eigenvalue weighted by Gasteiger charge is 2.34. The van der Waals surface area contributed by atoms with E-state index in [0.717, 1.165) is 25.6 Å². The Kier molecular flexibility index (Phi) is 4.27. The van der Waals surface area contributed by atoms with Gasteiger partial charge < -0.3 is 10.6 Å². The minimum Gasteiger partial charge on any atom is -0.399 e. The minimum absolute atomic E-state index is 0.244. The molecule has 0 amide bonds. The first-order valence-corrected chi connectivity index (χ1v) is 9.52. The fourth-order valence-electron chi connectivity index (χ4n) is 2.84. The zero-order chi connectivity index (χ0) is 15.0. The monoisotopic (exact) mass is 373 g/mol. The van der Waals surface area contributed by atoms with Crippen LogP contribution in [-0.2, 0) is 10.0 Å².